The highest BCUT2D eigenvalue weighted by Gasteiger charge is 2.17. The van der Waals surface area contributed by atoms with Gasteiger partial charge in [-0.05, 0) is 46.3 Å². The highest BCUT2D eigenvalue weighted by molar-refractivity contribution is 9.10. The van der Waals surface area contributed by atoms with E-state index in [0.717, 1.165) is 10.6 Å². The molecule has 1 N–H and O–H groups in total. The fraction of sp³-hybridized carbons (Fsp3) is 0. The number of nitrogens with zero attached hydrogens (tertiary/aromatic N) is 3. The third-order valence-electron chi connectivity index (χ3n) is 4.64. The van der Waals surface area contributed by atoms with Crippen LogP contribution in [0.3, 0.4) is 0 Å². The van der Waals surface area contributed by atoms with Gasteiger partial charge in [0, 0.05) is 33.6 Å². The number of benzene rings is 3. The maximum Gasteiger partial charge on any atom is 0.270 e. The molecule has 0 aliphatic carbocycles. The van der Waals surface area contributed by atoms with Crippen LogP contribution in [-0.2, 0) is 0 Å². The van der Waals surface area contributed by atoms with Gasteiger partial charge in [-0.15, -0.1) is 0 Å². The second-order valence-corrected chi connectivity index (χ2v) is 7.41. The van der Waals surface area contributed by atoms with Gasteiger partial charge in [-0.1, -0.05) is 24.3 Å². The fourth-order valence-electron chi connectivity index (χ4n) is 3.19. The Labute approximate surface area is 183 Å². The number of pyridine rings is 1. The number of aromatic hydroxyl groups is 1. The van der Waals surface area contributed by atoms with Gasteiger partial charge in [0.25, 0.3) is 11.2 Å². The Morgan fingerprint density at radius 3 is 2.48 bits per heavy atom. The summed E-state index contributed by atoms with van der Waals surface area (Å²) in [6.45, 7) is 0. The van der Waals surface area contributed by atoms with Crippen LogP contribution in [0.5, 0.6) is 5.88 Å². The zero-order valence-electron chi connectivity index (χ0n) is 15.7. The zero-order chi connectivity index (χ0) is 22.1. The monoisotopic (exact) mass is 481 g/mol. The van der Waals surface area contributed by atoms with Crippen LogP contribution in [-0.4, -0.2) is 20.8 Å². The third kappa shape index (κ3) is 3.82. The van der Waals surface area contributed by atoms with E-state index in [0.29, 0.717) is 20.9 Å². The molecule has 154 valence electrons. The van der Waals surface area contributed by atoms with Crippen LogP contribution in [0.25, 0.3) is 16.5 Å². The van der Waals surface area contributed by atoms with Crippen LogP contribution < -0.4 is 5.56 Å². The van der Waals surface area contributed by atoms with E-state index in [1.54, 1.807) is 24.3 Å². The zero-order valence-corrected chi connectivity index (χ0v) is 17.3. The van der Waals surface area contributed by atoms with Gasteiger partial charge in [0.15, 0.2) is 0 Å². The number of nitro benzene ring substituents is 1. The van der Waals surface area contributed by atoms with Gasteiger partial charge < -0.3 is 5.11 Å². The van der Waals surface area contributed by atoms with Crippen LogP contribution in [0.1, 0.15) is 5.56 Å². The average Bonchev–Trinajstić information content (AvgIpc) is 2.74. The molecule has 0 aliphatic rings. The summed E-state index contributed by atoms with van der Waals surface area (Å²) >= 11 is 3.25. The van der Waals surface area contributed by atoms with E-state index in [2.05, 4.69) is 20.9 Å². The molecule has 7 nitrogen and oxygen atoms in total. The molecule has 0 atom stereocenters. The van der Waals surface area contributed by atoms with Crippen LogP contribution in [0.2, 0.25) is 0 Å². The van der Waals surface area contributed by atoms with E-state index in [9.17, 15) is 24.4 Å². The Balaban J connectivity index is 1.93. The summed E-state index contributed by atoms with van der Waals surface area (Å²) in [5.74, 6) is -0.960. The third-order valence-corrected chi connectivity index (χ3v) is 5.28. The maximum absolute atomic E-state index is 13.8. The number of halogens is 2. The number of fused-ring (bicyclic) bond motifs is 1. The van der Waals surface area contributed by atoms with E-state index in [1.807, 2.05) is 0 Å². The number of rotatable bonds is 4. The first kappa shape index (κ1) is 20.4. The Bertz CT molecular complexity index is 1430. The molecule has 4 aromatic rings. The van der Waals surface area contributed by atoms with Crippen molar-refractivity contribution in [3.05, 3.63) is 103 Å². The largest absolute Gasteiger partial charge is 0.494 e. The molecule has 0 radical (unpaired) electrons. The Hall–Kier alpha value is -3.85. The molecule has 0 aliphatic heterocycles. The van der Waals surface area contributed by atoms with Gasteiger partial charge in [0.2, 0.25) is 5.88 Å². The Morgan fingerprint density at radius 1 is 1.06 bits per heavy atom. The predicted molar refractivity (Wildman–Crippen MR) is 119 cm³/mol. The first-order valence-corrected chi connectivity index (χ1v) is 9.77. The molecule has 1 heterocycles. The molecule has 0 saturated heterocycles. The minimum absolute atomic E-state index is 0.0984. The van der Waals surface area contributed by atoms with Gasteiger partial charge in [0.05, 0.1) is 21.9 Å². The van der Waals surface area contributed by atoms with Gasteiger partial charge in [-0.2, -0.15) is 0 Å². The normalized spacial score (nSPS) is 11.3. The molecule has 4 rings (SSSR count). The van der Waals surface area contributed by atoms with Crippen LogP contribution in [0.4, 0.5) is 15.8 Å². The van der Waals surface area contributed by atoms with Gasteiger partial charge >= 0.3 is 0 Å². The smallest absolute Gasteiger partial charge is 0.270 e. The fourth-order valence-corrected chi connectivity index (χ4v) is 3.66. The lowest BCUT2D eigenvalue weighted by atomic mass is 10.1. The molecule has 0 amide bonds. The highest BCUT2D eigenvalue weighted by atomic mass is 79.9. The number of aromatic nitrogens is 1. The van der Waals surface area contributed by atoms with Crippen molar-refractivity contribution in [3.63, 3.8) is 0 Å². The van der Waals surface area contributed by atoms with E-state index < -0.39 is 22.2 Å². The standard InChI is InChI=1S/C22H13BrFN3O4/c23-19-11-15(27(30)31)8-9-20(19)25-12-18-16-6-1-2-7-17(16)21(28)26(22(18)29)14-5-3-4-13(24)10-14/h1-12,29H. The molecule has 0 saturated carbocycles. The topological polar surface area (TPSA) is 97.7 Å². The van der Waals surface area contributed by atoms with E-state index in [1.165, 1.54) is 42.6 Å². The molecule has 31 heavy (non-hydrogen) atoms. The quantitative estimate of drug-likeness (QED) is 0.244. The molecule has 0 fully saturated rings. The van der Waals surface area contributed by atoms with Gasteiger partial charge in [-0.25, -0.2) is 8.96 Å². The van der Waals surface area contributed by atoms with Crippen LogP contribution in [0.15, 0.2) is 81.0 Å². The van der Waals surface area contributed by atoms with Crippen molar-refractivity contribution in [1.29, 1.82) is 0 Å². The Morgan fingerprint density at radius 2 is 1.81 bits per heavy atom. The second-order valence-electron chi connectivity index (χ2n) is 6.55. The summed E-state index contributed by atoms with van der Waals surface area (Å²) in [5, 5.41) is 22.6. The van der Waals surface area contributed by atoms with Gasteiger partial charge in [0.1, 0.15) is 5.82 Å². The Kier molecular flexibility index (Phi) is 5.35. The summed E-state index contributed by atoms with van der Waals surface area (Å²) in [6, 6.07) is 16.1. The molecule has 3 aromatic carbocycles. The number of non-ortho nitro benzene ring substituents is 1. The van der Waals surface area contributed by atoms with Crippen LogP contribution in [0, 0.1) is 15.9 Å². The lowest BCUT2D eigenvalue weighted by Gasteiger charge is -2.13. The minimum Gasteiger partial charge on any atom is -0.494 e. The van der Waals surface area contributed by atoms with Crippen molar-refractivity contribution in [2.75, 3.05) is 0 Å². The first-order chi connectivity index (χ1) is 14.9. The number of hydrogen-bond donors (Lipinski definition) is 1. The average molecular weight is 482 g/mol. The molecular weight excluding hydrogens is 469 g/mol. The molecule has 0 bridgehead atoms. The first-order valence-electron chi connectivity index (χ1n) is 8.97. The number of aliphatic imine (C=N–C) groups is 1. The number of nitro groups is 1. The SMILES string of the molecule is O=c1c2ccccc2c(C=Nc2ccc([N+](=O)[O-])cc2Br)c(O)n1-c1cccc(F)c1. The van der Waals surface area contributed by atoms with Crippen molar-refractivity contribution in [2.45, 2.75) is 0 Å². The summed E-state index contributed by atoms with van der Waals surface area (Å²) in [4.78, 5) is 27.7. The molecule has 1 aromatic heterocycles. The lowest BCUT2D eigenvalue weighted by Crippen LogP contribution is -2.20. The minimum atomic E-state index is -0.554. The molecular formula is C22H13BrFN3O4. The van der Waals surface area contributed by atoms with Crippen molar-refractivity contribution < 1.29 is 14.4 Å². The molecule has 0 unspecified atom stereocenters. The lowest BCUT2D eigenvalue weighted by molar-refractivity contribution is -0.384. The summed E-state index contributed by atoms with van der Waals surface area (Å²) < 4.78 is 15.2. The van der Waals surface area contributed by atoms with E-state index >= 15 is 0 Å². The van der Waals surface area contributed by atoms with Crippen molar-refractivity contribution in [1.82, 2.24) is 4.57 Å². The predicted octanol–water partition coefficient (Wildman–Crippen LogP) is 5.26. The second kappa shape index (κ2) is 8.11. The highest BCUT2D eigenvalue weighted by Crippen LogP contribution is 2.31. The number of hydrogen-bond acceptors (Lipinski definition) is 5. The summed E-state index contributed by atoms with van der Waals surface area (Å²) in [7, 11) is 0. The van der Waals surface area contributed by atoms with Crippen molar-refractivity contribution in [3.8, 4) is 11.6 Å². The maximum atomic E-state index is 13.8. The summed E-state index contributed by atoms with van der Waals surface area (Å²) in [6.07, 6.45) is 1.36. The van der Waals surface area contributed by atoms with Crippen molar-refractivity contribution in [2.24, 2.45) is 4.99 Å². The van der Waals surface area contributed by atoms with E-state index in [-0.39, 0.29) is 16.9 Å². The molecule has 0 spiro atoms. The summed E-state index contributed by atoms with van der Waals surface area (Å²) in [5.41, 5.74) is 0.188. The van der Waals surface area contributed by atoms with Crippen LogP contribution >= 0.6 is 15.9 Å². The molecule has 9 heteroatoms. The van der Waals surface area contributed by atoms with E-state index in [4.69, 9.17) is 0 Å². The van der Waals surface area contributed by atoms with Gasteiger partial charge in [-0.3, -0.25) is 19.9 Å². The van der Waals surface area contributed by atoms with Crippen molar-refractivity contribution >= 4 is 44.3 Å².